The maximum atomic E-state index is 16.4. The van der Waals surface area contributed by atoms with Crippen LogP contribution in [0.4, 0.5) is 34.8 Å². The number of carbonyl (C=O) groups is 1. The van der Waals surface area contributed by atoms with E-state index in [0.29, 0.717) is 51.2 Å². The summed E-state index contributed by atoms with van der Waals surface area (Å²) in [6, 6.07) is 5.01. The summed E-state index contributed by atoms with van der Waals surface area (Å²) in [5, 5.41) is 2.40. The van der Waals surface area contributed by atoms with Crippen molar-refractivity contribution in [1.82, 2.24) is 14.9 Å². The van der Waals surface area contributed by atoms with Gasteiger partial charge in [-0.15, -0.1) is 0 Å². The number of likely N-dealkylation sites (N-methyl/N-ethyl adjacent to an activating group) is 1. The van der Waals surface area contributed by atoms with Gasteiger partial charge in [-0.2, -0.15) is 0 Å². The first-order chi connectivity index (χ1) is 20.0. The summed E-state index contributed by atoms with van der Waals surface area (Å²) in [6.45, 7) is 7.11. The fourth-order valence-corrected chi connectivity index (χ4v) is 5.30. The number of aromatic amines is 1. The number of hydrogen-bond donors (Lipinski definition) is 2. The molecular formula is C29H32F4N6O3. The first-order valence-corrected chi connectivity index (χ1v) is 13.7. The van der Waals surface area contributed by atoms with Crippen LogP contribution in [0.25, 0.3) is 11.1 Å². The Morgan fingerprint density at radius 1 is 1.12 bits per heavy atom. The quantitative estimate of drug-likeness (QED) is 0.416. The number of nitrogens with one attached hydrogen (secondary N) is 2. The summed E-state index contributed by atoms with van der Waals surface area (Å²) in [4.78, 5) is 37.4. The fraction of sp³-hybridized carbons (Fsp3) is 0.414. The molecule has 1 aromatic carbocycles. The zero-order valence-corrected chi connectivity index (χ0v) is 23.5. The molecule has 224 valence electrons. The van der Waals surface area contributed by atoms with E-state index in [0.717, 1.165) is 12.3 Å². The van der Waals surface area contributed by atoms with Crippen LogP contribution in [-0.4, -0.2) is 79.3 Å². The number of nitrogens with zero attached hydrogens (tertiary/aromatic N) is 4. The highest BCUT2D eigenvalue weighted by molar-refractivity contribution is 6.07. The van der Waals surface area contributed by atoms with Crippen molar-refractivity contribution < 1.29 is 27.1 Å². The molecule has 0 radical (unpaired) electrons. The molecule has 0 aliphatic carbocycles. The fourth-order valence-electron chi connectivity index (χ4n) is 5.30. The van der Waals surface area contributed by atoms with E-state index in [1.54, 1.807) is 17.0 Å². The van der Waals surface area contributed by atoms with Crippen molar-refractivity contribution in [2.75, 3.05) is 61.5 Å². The summed E-state index contributed by atoms with van der Waals surface area (Å²) in [6.07, 6.45) is -0.900. The van der Waals surface area contributed by atoms with E-state index in [4.69, 9.17) is 4.74 Å². The second kappa shape index (κ2) is 12.1. The van der Waals surface area contributed by atoms with Gasteiger partial charge in [0.1, 0.15) is 17.3 Å². The van der Waals surface area contributed by atoms with Crippen LogP contribution in [0.15, 0.2) is 41.5 Å². The minimum absolute atomic E-state index is 0.0131. The molecule has 2 unspecified atom stereocenters. The number of anilines is 3. The minimum atomic E-state index is -3.13. The van der Waals surface area contributed by atoms with Crippen LogP contribution in [0.1, 0.15) is 36.2 Å². The van der Waals surface area contributed by atoms with Gasteiger partial charge in [0.05, 0.1) is 29.5 Å². The molecule has 13 heteroatoms. The van der Waals surface area contributed by atoms with Gasteiger partial charge in [0, 0.05) is 74.4 Å². The number of aromatic nitrogens is 2. The standard InChI is InChI=1S/C29H32F4N6O3/c1-16-14-38(7-6-37(16)3)22-11-21(30)25(18-4-5-23(34-12-18)39-8-9-42-17(2)15-39)26(31)27(22)36-29(41)20-13-35-24(40)10-19(20)28(32)33/h4-5,10-13,16-17,28H,6-9,14-15H2,1-3H3,(H,35,40)(H,36,41). The Balaban J connectivity index is 1.56. The molecule has 2 atom stereocenters. The zero-order valence-electron chi connectivity index (χ0n) is 23.5. The van der Waals surface area contributed by atoms with Crippen molar-refractivity contribution in [3.63, 3.8) is 0 Å². The van der Waals surface area contributed by atoms with Crippen LogP contribution in [0.2, 0.25) is 0 Å². The summed E-state index contributed by atoms with van der Waals surface area (Å²) in [7, 11) is 1.94. The molecule has 42 heavy (non-hydrogen) atoms. The molecule has 2 saturated heterocycles. The lowest BCUT2D eigenvalue weighted by atomic mass is 10.0. The van der Waals surface area contributed by atoms with E-state index in [2.05, 4.69) is 20.2 Å². The topological polar surface area (TPSA) is 93.8 Å². The normalized spacial score (nSPS) is 19.8. The summed E-state index contributed by atoms with van der Waals surface area (Å²) in [5.41, 5.74) is -2.69. The van der Waals surface area contributed by atoms with Crippen LogP contribution in [-0.2, 0) is 4.74 Å². The first-order valence-electron chi connectivity index (χ1n) is 13.7. The van der Waals surface area contributed by atoms with Gasteiger partial charge in [0.15, 0.2) is 5.82 Å². The molecule has 2 N–H and O–H groups in total. The van der Waals surface area contributed by atoms with Crippen molar-refractivity contribution in [2.45, 2.75) is 32.4 Å². The molecule has 4 heterocycles. The number of hydrogen-bond acceptors (Lipinski definition) is 7. The van der Waals surface area contributed by atoms with Crippen LogP contribution in [0, 0.1) is 11.6 Å². The number of rotatable bonds is 6. The molecule has 2 aliphatic rings. The van der Waals surface area contributed by atoms with Crippen molar-refractivity contribution in [3.8, 4) is 11.1 Å². The Labute approximate surface area is 240 Å². The third-order valence-electron chi connectivity index (χ3n) is 7.77. The molecule has 1 amide bonds. The van der Waals surface area contributed by atoms with E-state index in [-0.39, 0.29) is 29.1 Å². The maximum Gasteiger partial charge on any atom is 0.264 e. The molecule has 5 rings (SSSR count). The van der Waals surface area contributed by atoms with Gasteiger partial charge in [-0.1, -0.05) is 0 Å². The van der Waals surface area contributed by atoms with E-state index in [1.807, 2.05) is 25.8 Å². The highest BCUT2D eigenvalue weighted by atomic mass is 19.3. The lowest BCUT2D eigenvalue weighted by Crippen LogP contribution is -2.50. The number of halogens is 4. The Hall–Kier alpha value is -3.97. The average Bonchev–Trinajstić information content (AvgIpc) is 2.96. The Morgan fingerprint density at radius 3 is 2.57 bits per heavy atom. The Bertz CT molecular complexity index is 1520. The van der Waals surface area contributed by atoms with Crippen LogP contribution < -0.4 is 20.7 Å². The number of amides is 1. The molecule has 3 aromatic rings. The van der Waals surface area contributed by atoms with Crippen LogP contribution in [0.3, 0.4) is 0 Å². The van der Waals surface area contributed by atoms with Crippen LogP contribution in [0.5, 0.6) is 0 Å². The van der Waals surface area contributed by atoms with Crippen molar-refractivity contribution in [3.05, 3.63) is 69.8 Å². The van der Waals surface area contributed by atoms with Gasteiger partial charge in [-0.3, -0.25) is 9.59 Å². The second-order valence-corrected chi connectivity index (χ2v) is 10.7. The number of alkyl halides is 2. The summed E-state index contributed by atoms with van der Waals surface area (Å²) < 4.78 is 65.0. The van der Waals surface area contributed by atoms with Crippen LogP contribution >= 0.6 is 0 Å². The maximum absolute atomic E-state index is 16.4. The highest BCUT2D eigenvalue weighted by Crippen LogP contribution is 2.39. The zero-order chi connectivity index (χ0) is 30.1. The minimum Gasteiger partial charge on any atom is -0.375 e. The van der Waals surface area contributed by atoms with Gasteiger partial charge in [0.2, 0.25) is 5.56 Å². The SMILES string of the molecule is CC1CN(c2ccc(-c3c(F)cc(N4CCN(C)C(C)C4)c(NC(=O)c4c[nH]c(=O)cc4C(F)F)c3F)cn2)CCO1. The van der Waals surface area contributed by atoms with Gasteiger partial charge in [0.25, 0.3) is 12.3 Å². The van der Waals surface area contributed by atoms with Gasteiger partial charge < -0.3 is 29.7 Å². The van der Waals surface area contributed by atoms with E-state index in [9.17, 15) is 18.4 Å². The predicted molar refractivity (Wildman–Crippen MR) is 151 cm³/mol. The van der Waals surface area contributed by atoms with E-state index >= 15 is 8.78 Å². The van der Waals surface area contributed by atoms with Gasteiger partial charge in [-0.05, 0) is 33.0 Å². The summed E-state index contributed by atoms with van der Waals surface area (Å²) in [5.74, 6) is -2.37. The smallest absolute Gasteiger partial charge is 0.264 e. The lowest BCUT2D eigenvalue weighted by Gasteiger charge is -2.39. The van der Waals surface area contributed by atoms with Crippen molar-refractivity contribution in [1.29, 1.82) is 0 Å². The molecule has 0 bridgehead atoms. The third-order valence-corrected chi connectivity index (χ3v) is 7.77. The largest absolute Gasteiger partial charge is 0.375 e. The monoisotopic (exact) mass is 588 g/mol. The summed E-state index contributed by atoms with van der Waals surface area (Å²) >= 11 is 0. The second-order valence-electron chi connectivity index (χ2n) is 10.7. The molecule has 9 nitrogen and oxygen atoms in total. The molecule has 2 aromatic heterocycles. The lowest BCUT2D eigenvalue weighted by molar-refractivity contribution is 0.0529. The molecule has 0 saturated carbocycles. The number of ether oxygens (including phenoxy) is 1. The third kappa shape index (κ3) is 5.97. The number of carbonyl (C=O) groups excluding carboxylic acids is 1. The molecular weight excluding hydrogens is 556 g/mol. The van der Waals surface area contributed by atoms with Gasteiger partial charge >= 0.3 is 0 Å². The number of benzene rings is 1. The molecule has 0 spiro atoms. The molecule has 2 aliphatic heterocycles. The Kier molecular flexibility index (Phi) is 8.50. The first kappa shape index (κ1) is 29.5. The van der Waals surface area contributed by atoms with Gasteiger partial charge in [-0.25, -0.2) is 22.5 Å². The predicted octanol–water partition coefficient (Wildman–Crippen LogP) is 4.27. The van der Waals surface area contributed by atoms with E-state index < -0.39 is 46.2 Å². The molecule has 2 fully saturated rings. The van der Waals surface area contributed by atoms with Crippen molar-refractivity contribution >= 4 is 23.1 Å². The highest BCUT2D eigenvalue weighted by Gasteiger charge is 2.30. The number of piperazine rings is 1. The average molecular weight is 589 g/mol. The van der Waals surface area contributed by atoms with E-state index in [1.165, 1.54) is 6.20 Å². The van der Waals surface area contributed by atoms with Crippen molar-refractivity contribution in [2.24, 2.45) is 0 Å². The Morgan fingerprint density at radius 2 is 1.90 bits per heavy atom. The number of H-pyrrole nitrogens is 1. The number of pyridine rings is 2. The number of morpholine rings is 1.